The predicted molar refractivity (Wildman–Crippen MR) is 107 cm³/mol. The van der Waals surface area contributed by atoms with E-state index in [9.17, 15) is 25.0 Å². The Hall–Kier alpha value is -3.30. The van der Waals surface area contributed by atoms with E-state index in [0.717, 1.165) is 10.9 Å². The molecule has 10 nitrogen and oxygen atoms in total. The van der Waals surface area contributed by atoms with Crippen molar-refractivity contribution in [2.24, 2.45) is 5.10 Å². The van der Waals surface area contributed by atoms with E-state index in [1.165, 1.54) is 0 Å². The van der Waals surface area contributed by atoms with E-state index in [2.05, 4.69) is 10.5 Å². The molecule has 1 saturated carbocycles. The van der Waals surface area contributed by atoms with Crippen LogP contribution >= 0.6 is 0 Å². The standard InChI is InChI=1S/C19H23N5O5/c1-13(6-9-19(25)22-11-10-14-4-2-3-5-17(14)22)20-21-16-8-7-15(23(26)27)12-18(16)24(28)29/h2-5,10-11,15-16,18,21H,6-9,12H2,1H3. The zero-order valence-electron chi connectivity index (χ0n) is 16.1. The van der Waals surface area contributed by atoms with Crippen LogP contribution in [0.2, 0.25) is 0 Å². The Balaban J connectivity index is 1.56. The molecule has 0 amide bonds. The second kappa shape index (κ2) is 8.80. The van der Waals surface area contributed by atoms with Gasteiger partial charge in [-0.25, -0.2) is 0 Å². The van der Waals surface area contributed by atoms with Crippen molar-refractivity contribution in [1.82, 2.24) is 9.99 Å². The van der Waals surface area contributed by atoms with Crippen LogP contribution in [-0.4, -0.2) is 44.2 Å². The highest BCUT2D eigenvalue weighted by Crippen LogP contribution is 2.23. The number of para-hydroxylation sites is 1. The number of carbonyl (C=O) groups is 1. The third-order valence-electron chi connectivity index (χ3n) is 5.35. The quantitative estimate of drug-likeness (QED) is 0.431. The molecule has 1 aromatic heterocycles. The maximum absolute atomic E-state index is 12.5. The third kappa shape index (κ3) is 4.76. The maximum Gasteiger partial charge on any atom is 0.241 e. The molecule has 1 aliphatic carbocycles. The van der Waals surface area contributed by atoms with E-state index in [4.69, 9.17) is 0 Å². The number of benzene rings is 1. The molecule has 0 saturated heterocycles. The first-order valence-corrected chi connectivity index (χ1v) is 9.51. The summed E-state index contributed by atoms with van der Waals surface area (Å²) in [5.41, 5.74) is 4.30. The van der Waals surface area contributed by atoms with E-state index in [0.29, 0.717) is 18.6 Å². The van der Waals surface area contributed by atoms with Gasteiger partial charge in [0.25, 0.3) is 0 Å². The fourth-order valence-electron chi connectivity index (χ4n) is 3.66. The third-order valence-corrected chi connectivity index (χ3v) is 5.35. The number of hydrazone groups is 1. The Bertz CT molecular complexity index is 953. The van der Waals surface area contributed by atoms with E-state index >= 15 is 0 Å². The number of hydrogen-bond acceptors (Lipinski definition) is 7. The summed E-state index contributed by atoms with van der Waals surface area (Å²) in [4.78, 5) is 33.8. The summed E-state index contributed by atoms with van der Waals surface area (Å²) in [5.74, 6) is -0.0598. The van der Waals surface area contributed by atoms with Gasteiger partial charge in [-0.2, -0.15) is 5.10 Å². The number of rotatable bonds is 7. The molecule has 1 fully saturated rings. The predicted octanol–water partition coefficient (Wildman–Crippen LogP) is 2.87. The van der Waals surface area contributed by atoms with Crippen LogP contribution in [0.1, 0.15) is 43.8 Å². The van der Waals surface area contributed by atoms with Gasteiger partial charge in [0.15, 0.2) is 0 Å². The average molecular weight is 401 g/mol. The van der Waals surface area contributed by atoms with E-state index in [1.54, 1.807) is 17.7 Å². The minimum absolute atomic E-state index is 0.0598. The maximum atomic E-state index is 12.5. The molecule has 0 radical (unpaired) electrons. The molecule has 10 heteroatoms. The highest BCUT2D eigenvalue weighted by molar-refractivity contribution is 5.94. The molecule has 1 aliphatic rings. The molecule has 0 spiro atoms. The van der Waals surface area contributed by atoms with Gasteiger partial charge in [-0.1, -0.05) is 18.2 Å². The van der Waals surface area contributed by atoms with Gasteiger partial charge in [0.2, 0.25) is 18.0 Å². The molecule has 0 bridgehead atoms. The molecule has 2 aromatic rings. The zero-order chi connectivity index (χ0) is 21.0. The van der Waals surface area contributed by atoms with Crippen molar-refractivity contribution in [1.29, 1.82) is 0 Å². The normalized spacial score (nSPS) is 22.4. The first-order chi connectivity index (χ1) is 13.9. The average Bonchev–Trinajstić information content (AvgIpc) is 3.14. The van der Waals surface area contributed by atoms with Crippen LogP contribution in [0.15, 0.2) is 41.6 Å². The fraction of sp³-hybridized carbons (Fsp3) is 0.474. The van der Waals surface area contributed by atoms with Crippen molar-refractivity contribution in [2.75, 3.05) is 0 Å². The van der Waals surface area contributed by atoms with Crippen LogP contribution in [0.3, 0.4) is 0 Å². The molecule has 1 aromatic carbocycles. The Labute approximate surface area is 166 Å². The van der Waals surface area contributed by atoms with Crippen molar-refractivity contribution in [2.45, 2.75) is 57.2 Å². The number of aromatic nitrogens is 1. The summed E-state index contributed by atoms with van der Waals surface area (Å²) < 4.78 is 1.61. The van der Waals surface area contributed by atoms with Gasteiger partial charge in [0.1, 0.15) is 6.04 Å². The van der Waals surface area contributed by atoms with Gasteiger partial charge in [-0.15, -0.1) is 0 Å². The summed E-state index contributed by atoms with van der Waals surface area (Å²) >= 11 is 0. The smallest absolute Gasteiger partial charge is 0.241 e. The number of carbonyl (C=O) groups excluding carboxylic acids is 1. The fourth-order valence-corrected chi connectivity index (χ4v) is 3.66. The van der Waals surface area contributed by atoms with Crippen molar-refractivity contribution >= 4 is 22.5 Å². The van der Waals surface area contributed by atoms with Crippen molar-refractivity contribution in [3.05, 3.63) is 56.8 Å². The molecule has 1 N–H and O–H groups in total. The molecule has 29 heavy (non-hydrogen) atoms. The summed E-state index contributed by atoms with van der Waals surface area (Å²) in [6, 6.07) is 7.00. The SMILES string of the molecule is CC(CCC(=O)n1ccc2ccccc21)=NNC1CCC([N+](=O)[O-])CC1[N+](=O)[O-]. The lowest BCUT2D eigenvalue weighted by Gasteiger charge is -2.26. The highest BCUT2D eigenvalue weighted by Gasteiger charge is 2.43. The second-order valence-corrected chi connectivity index (χ2v) is 7.33. The summed E-state index contributed by atoms with van der Waals surface area (Å²) in [6.45, 7) is 1.75. The van der Waals surface area contributed by atoms with Crippen molar-refractivity contribution in [3.8, 4) is 0 Å². The van der Waals surface area contributed by atoms with Crippen molar-refractivity contribution < 1.29 is 14.6 Å². The Morgan fingerprint density at radius 1 is 1.17 bits per heavy atom. The number of hydrogen-bond donors (Lipinski definition) is 1. The van der Waals surface area contributed by atoms with Gasteiger partial charge in [-0.3, -0.25) is 29.6 Å². The lowest BCUT2D eigenvalue weighted by Crippen LogP contribution is -2.49. The summed E-state index contributed by atoms with van der Waals surface area (Å²) in [7, 11) is 0. The number of nitrogens with zero attached hydrogens (tertiary/aromatic N) is 4. The Kier molecular flexibility index (Phi) is 6.20. The number of nitro groups is 2. The lowest BCUT2D eigenvalue weighted by molar-refractivity contribution is -0.570. The van der Waals surface area contributed by atoms with Gasteiger partial charge >= 0.3 is 0 Å². The molecule has 0 aliphatic heterocycles. The van der Waals surface area contributed by atoms with E-state index in [1.807, 2.05) is 30.3 Å². The van der Waals surface area contributed by atoms with Crippen LogP contribution in [-0.2, 0) is 0 Å². The van der Waals surface area contributed by atoms with Gasteiger partial charge in [-0.05, 0) is 31.9 Å². The van der Waals surface area contributed by atoms with E-state index < -0.39 is 28.0 Å². The molecule has 3 unspecified atom stereocenters. The zero-order valence-corrected chi connectivity index (χ0v) is 16.1. The monoisotopic (exact) mass is 401 g/mol. The summed E-state index contributed by atoms with van der Waals surface area (Å²) in [5, 5.41) is 27.4. The largest absolute Gasteiger partial charge is 0.300 e. The molecule has 154 valence electrons. The molecular weight excluding hydrogens is 378 g/mol. The first kappa shape index (κ1) is 20.4. The van der Waals surface area contributed by atoms with Crippen LogP contribution in [0.5, 0.6) is 0 Å². The van der Waals surface area contributed by atoms with Gasteiger partial charge < -0.3 is 5.43 Å². The van der Waals surface area contributed by atoms with Crippen LogP contribution in [0, 0.1) is 20.2 Å². The van der Waals surface area contributed by atoms with E-state index in [-0.39, 0.29) is 25.2 Å². The second-order valence-electron chi connectivity index (χ2n) is 7.33. The van der Waals surface area contributed by atoms with Crippen molar-refractivity contribution in [3.63, 3.8) is 0 Å². The molecule has 3 atom stereocenters. The summed E-state index contributed by atoms with van der Waals surface area (Å²) in [6.07, 6.45) is 2.89. The number of nitrogens with one attached hydrogen (secondary N) is 1. The minimum Gasteiger partial charge on any atom is -0.300 e. The molecular formula is C19H23N5O5. The molecule has 3 rings (SSSR count). The van der Waals surface area contributed by atoms with Gasteiger partial charge in [0.05, 0.1) is 11.9 Å². The Morgan fingerprint density at radius 3 is 2.66 bits per heavy atom. The van der Waals surface area contributed by atoms with Crippen LogP contribution < -0.4 is 5.43 Å². The van der Waals surface area contributed by atoms with Gasteiger partial charge in [0, 0.05) is 40.0 Å². The Morgan fingerprint density at radius 2 is 1.93 bits per heavy atom. The number of fused-ring (bicyclic) bond motifs is 1. The molecule has 1 heterocycles. The lowest BCUT2D eigenvalue weighted by atomic mass is 9.88. The first-order valence-electron chi connectivity index (χ1n) is 9.51. The highest BCUT2D eigenvalue weighted by atomic mass is 16.6. The van der Waals surface area contributed by atoms with Crippen LogP contribution in [0.25, 0.3) is 10.9 Å². The minimum atomic E-state index is -1.05. The van der Waals surface area contributed by atoms with Crippen LogP contribution in [0.4, 0.5) is 0 Å². The topological polar surface area (TPSA) is 133 Å².